The number of hydrogen-bond donors (Lipinski definition) is 1. The van der Waals surface area contributed by atoms with Crippen LogP contribution < -0.4 is 5.32 Å². The molecule has 15 heavy (non-hydrogen) atoms. The van der Waals surface area contributed by atoms with Crippen molar-refractivity contribution < 1.29 is 0 Å². The van der Waals surface area contributed by atoms with Crippen LogP contribution >= 0.6 is 11.8 Å². The zero-order valence-corrected chi connectivity index (χ0v) is 12.0. The maximum atomic E-state index is 3.51. The Balaban J connectivity index is 3.79. The SMILES string of the molecule is CSCCN(C)C(C)C(C)CNC(C)C. The fourth-order valence-corrected chi connectivity index (χ4v) is 1.94. The number of nitrogens with zero attached hydrogens (tertiary/aromatic N) is 1. The normalized spacial score (nSPS) is 16.0. The van der Waals surface area contributed by atoms with Crippen LogP contribution in [0.4, 0.5) is 0 Å². The van der Waals surface area contributed by atoms with E-state index < -0.39 is 0 Å². The van der Waals surface area contributed by atoms with Gasteiger partial charge < -0.3 is 10.2 Å². The molecule has 0 saturated heterocycles. The first-order chi connectivity index (χ1) is 6.99. The molecule has 0 spiro atoms. The summed E-state index contributed by atoms with van der Waals surface area (Å²) in [4.78, 5) is 2.46. The van der Waals surface area contributed by atoms with Crippen LogP contribution in [-0.4, -0.2) is 49.1 Å². The van der Waals surface area contributed by atoms with Crippen molar-refractivity contribution in [2.75, 3.05) is 32.1 Å². The molecule has 0 saturated carbocycles. The minimum atomic E-state index is 0.594. The van der Waals surface area contributed by atoms with Crippen LogP contribution in [0.2, 0.25) is 0 Å². The molecule has 2 unspecified atom stereocenters. The molecule has 92 valence electrons. The molecular weight excluding hydrogens is 204 g/mol. The van der Waals surface area contributed by atoms with E-state index in [1.807, 2.05) is 11.8 Å². The molecule has 0 bridgehead atoms. The highest BCUT2D eigenvalue weighted by molar-refractivity contribution is 7.98. The summed E-state index contributed by atoms with van der Waals surface area (Å²) in [5.74, 6) is 1.93. The number of thioether (sulfide) groups is 1. The summed E-state index contributed by atoms with van der Waals surface area (Å²) >= 11 is 1.92. The zero-order chi connectivity index (χ0) is 11.8. The maximum Gasteiger partial charge on any atom is 0.0102 e. The standard InChI is InChI=1S/C12H28N2S/c1-10(2)13-9-11(3)12(4)14(5)7-8-15-6/h10-13H,7-9H2,1-6H3. The molecule has 0 heterocycles. The van der Waals surface area contributed by atoms with E-state index in [-0.39, 0.29) is 0 Å². The van der Waals surface area contributed by atoms with Crippen LogP contribution in [0.25, 0.3) is 0 Å². The van der Waals surface area contributed by atoms with E-state index in [1.165, 1.54) is 12.3 Å². The summed E-state index contributed by atoms with van der Waals surface area (Å²) in [6, 6.07) is 1.25. The van der Waals surface area contributed by atoms with Crippen molar-refractivity contribution in [1.29, 1.82) is 0 Å². The van der Waals surface area contributed by atoms with Gasteiger partial charge in [-0.1, -0.05) is 20.8 Å². The Kier molecular flexibility index (Phi) is 8.58. The first-order valence-electron chi connectivity index (χ1n) is 5.91. The molecule has 0 rings (SSSR count). The van der Waals surface area contributed by atoms with E-state index in [4.69, 9.17) is 0 Å². The Hall–Kier alpha value is 0.270. The molecule has 2 atom stereocenters. The Bertz CT molecular complexity index is 151. The largest absolute Gasteiger partial charge is 0.314 e. The first-order valence-corrected chi connectivity index (χ1v) is 7.31. The van der Waals surface area contributed by atoms with Crippen molar-refractivity contribution in [2.45, 2.75) is 39.8 Å². The van der Waals surface area contributed by atoms with Gasteiger partial charge in [0.05, 0.1) is 0 Å². The Labute approximate surface area is 100 Å². The predicted octanol–water partition coefficient (Wildman–Crippen LogP) is 2.30. The maximum absolute atomic E-state index is 3.51. The second-order valence-electron chi connectivity index (χ2n) is 4.75. The highest BCUT2D eigenvalue weighted by atomic mass is 32.2. The Morgan fingerprint density at radius 2 is 1.80 bits per heavy atom. The Morgan fingerprint density at radius 1 is 1.20 bits per heavy atom. The first kappa shape index (κ1) is 15.3. The van der Waals surface area contributed by atoms with Crippen molar-refractivity contribution >= 4 is 11.8 Å². The van der Waals surface area contributed by atoms with Gasteiger partial charge in [0.2, 0.25) is 0 Å². The summed E-state index contributed by atoms with van der Waals surface area (Å²) in [5, 5.41) is 3.51. The van der Waals surface area contributed by atoms with Crippen LogP contribution in [0.1, 0.15) is 27.7 Å². The van der Waals surface area contributed by atoms with E-state index in [2.05, 4.69) is 51.2 Å². The molecule has 0 aromatic heterocycles. The fraction of sp³-hybridized carbons (Fsp3) is 1.00. The van der Waals surface area contributed by atoms with Crippen molar-refractivity contribution in [3.05, 3.63) is 0 Å². The number of rotatable bonds is 8. The monoisotopic (exact) mass is 232 g/mol. The van der Waals surface area contributed by atoms with Gasteiger partial charge in [0.1, 0.15) is 0 Å². The minimum Gasteiger partial charge on any atom is -0.314 e. The topological polar surface area (TPSA) is 15.3 Å². The van der Waals surface area contributed by atoms with Gasteiger partial charge in [-0.25, -0.2) is 0 Å². The van der Waals surface area contributed by atoms with E-state index in [1.54, 1.807) is 0 Å². The summed E-state index contributed by atoms with van der Waals surface area (Å²) in [6.07, 6.45) is 2.17. The third-order valence-electron chi connectivity index (χ3n) is 3.01. The van der Waals surface area contributed by atoms with Gasteiger partial charge in [-0.2, -0.15) is 11.8 Å². The van der Waals surface area contributed by atoms with Crippen molar-refractivity contribution in [2.24, 2.45) is 5.92 Å². The lowest BCUT2D eigenvalue weighted by Crippen LogP contribution is -2.41. The average Bonchev–Trinajstić information content (AvgIpc) is 2.21. The lowest BCUT2D eigenvalue weighted by Gasteiger charge is -2.30. The van der Waals surface area contributed by atoms with Gasteiger partial charge in [0, 0.05) is 24.4 Å². The van der Waals surface area contributed by atoms with Crippen LogP contribution in [-0.2, 0) is 0 Å². The molecule has 3 heteroatoms. The minimum absolute atomic E-state index is 0.594. The average molecular weight is 232 g/mol. The van der Waals surface area contributed by atoms with Crippen LogP contribution in [0.5, 0.6) is 0 Å². The summed E-state index contributed by atoms with van der Waals surface area (Å²) in [7, 11) is 2.23. The van der Waals surface area contributed by atoms with Crippen LogP contribution in [0.15, 0.2) is 0 Å². The fourth-order valence-electron chi connectivity index (χ4n) is 1.47. The molecule has 0 aliphatic rings. The summed E-state index contributed by atoms with van der Waals surface area (Å²) in [6.45, 7) is 11.4. The van der Waals surface area contributed by atoms with Gasteiger partial charge in [0.25, 0.3) is 0 Å². The van der Waals surface area contributed by atoms with Crippen LogP contribution in [0.3, 0.4) is 0 Å². The van der Waals surface area contributed by atoms with E-state index in [0.717, 1.165) is 6.54 Å². The van der Waals surface area contributed by atoms with Gasteiger partial charge in [-0.15, -0.1) is 0 Å². The third kappa shape index (κ3) is 7.20. The molecule has 0 aliphatic carbocycles. The molecule has 0 amide bonds. The second kappa shape index (κ2) is 8.43. The van der Waals surface area contributed by atoms with Gasteiger partial charge >= 0.3 is 0 Å². The lowest BCUT2D eigenvalue weighted by molar-refractivity contribution is 0.204. The quantitative estimate of drug-likeness (QED) is 0.691. The smallest absolute Gasteiger partial charge is 0.0102 e. The van der Waals surface area contributed by atoms with Crippen molar-refractivity contribution in [3.63, 3.8) is 0 Å². The molecule has 0 aliphatic heterocycles. The summed E-state index contributed by atoms with van der Waals surface area (Å²) in [5.41, 5.74) is 0. The molecule has 0 aromatic rings. The summed E-state index contributed by atoms with van der Waals surface area (Å²) < 4.78 is 0. The van der Waals surface area contributed by atoms with Crippen molar-refractivity contribution in [3.8, 4) is 0 Å². The molecule has 0 fully saturated rings. The van der Waals surface area contributed by atoms with Gasteiger partial charge in [0.15, 0.2) is 0 Å². The molecule has 0 aromatic carbocycles. The zero-order valence-electron chi connectivity index (χ0n) is 11.2. The molecule has 0 radical (unpaired) electrons. The van der Waals surface area contributed by atoms with E-state index in [9.17, 15) is 0 Å². The Morgan fingerprint density at radius 3 is 2.27 bits per heavy atom. The van der Waals surface area contributed by atoms with E-state index >= 15 is 0 Å². The van der Waals surface area contributed by atoms with Crippen molar-refractivity contribution in [1.82, 2.24) is 10.2 Å². The highest BCUT2D eigenvalue weighted by Gasteiger charge is 2.16. The second-order valence-corrected chi connectivity index (χ2v) is 5.74. The molecular formula is C12H28N2S. The number of nitrogens with one attached hydrogen (secondary N) is 1. The van der Waals surface area contributed by atoms with Gasteiger partial charge in [-0.3, -0.25) is 0 Å². The number of hydrogen-bond acceptors (Lipinski definition) is 3. The van der Waals surface area contributed by atoms with Crippen LogP contribution in [0, 0.1) is 5.92 Å². The van der Waals surface area contributed by atoms with E-state index in [0.29, 0.717) is 18.0 Å². The van der Waals surface area contributed by atoms with Gasteiger partial charge in [-0.05, 0) is 32.7 Å². The third-order valence-corrected chi connectivity index (χ3v) is 3.61. The molecule has 2 nitrogen and oxygen atoms in total. The lowest BCUT2D eigenvalue weighted by atomic mass is 10.0. The highest BCUT2D eigenvalue weighted by Crippen LogP contribution is 2.09. The predicted molar refractivity (Wildman–Crippen MR) is 72.8 cm³/mol. The molecule has 1 N–H and O–H groups in total.